The number of carbonyl (C=O) groups is 3. The molecular formula is C31H40N2O7. The molecule has 40 heavy (non-hydrogen) atoms. The van der Waals surface area contributed by atoms with Crippen molar-refractivity contribution in [1.82, 2.24) is 4.90 Å². The fourth-order valence-corrected chi connectivity index (χ4v) is 8.71. The molecule has 9 nitrogen and oxygen atoms in total. The number of ether oxygens (including phenoxy) is 4. The molecule has 6 rings (SSSR count). The van der Waals surface area contributed by atoms with Crippen LogP contribution in [0.1, 0.15) is 72.8 Å². The van der Waals surface area contributed by atoms with Crippen LogP contribution >= 0.6 is 0 Å². The van der Waals surface area contributed by atoms with Crippen LogP contribution in [0, 0.1) is 11.3 Å². The molecule has 1 aromatic rings. The summed E-state index contributed by atoms with van der Waals surface area (Å²) >= 11 is 0. The Morgan fingerprint density at radius 3 is 2.33 bits per heavy atom. The maximum Gasteiger partial charge on any atom is 0.514 e. The number of para-hydroxylation sites is 1. The second-order valence-corrected chi connectivity index (χ2v) is 14.0. The van der Waals surface area contributed by atoms with Crippen molar-refractivity contribution in [2.45, 2.75) is 95.4 Å². The van der Waals surface area contributed by atoms with Gasteiger partial charge in [-0.3, -0.25) is 9.80 Å². The Morgan fingerprint density at radius 1 is 0.950 bits per heavy atom. The van der Waals surface area contributed by atoms with E-state index in [1.807, 2.05) is 45.0 Å². The van der Waals surface area contributed by atoms with Crippen LogP contribution in [0.5, 0.6) is 0 Å². The Labute approximate surface area is 235 Å². The molecule has 3 heterocycles. The lowest BCUT2D eigenvalue weighted by Crippen LogP contribution is -2.77. The molecule has 0 unspecified atom stereocenters. The van der Waals surface area contributed by atoms with Gasteiger partial charge >= 0.3 is 18.2 Å². The minimum atomic E-state index is -1.38. The molecule has 2 aliphatic carbocycles. The highest BCUT2D eigenvalue weighted by Crippen LogP contribution is 2.74. The van der Waals surface area contributed by atoms with Gasteiger partial charge in [-0.15, -0.1) is 0 Å². The van der Waals surface area contributed by atoms with Gasteiger partial charge in [0.1, 0.15) is 17.0 Å². The van der Waals surface area contributed by atoms with Gasteiger partial charge in [0.15, 0.2) is 5.54 Å². The zero-order valence-electron chi connectivity index (χ0n) is 24.5. The molecule has 0 radical (unpaired) electrons. The minimum absolute atomic E-state index is 0.0776. The smallest absolute Gasteiger partial charge is 0.467 e. The van der Waals surface area contributed by atoms with E-state index in [-0.39, 0.29) is 17.4 Å². The number of amides is 1. The van der Waals surface area contributed by atoms with Gasteiger partial charge in [0, 0.05) is 23.9 Å². The highest BCUT2D eigenvalue weighted by Gasteiger charge is 2.83. The van der Waals surface area contributed by atoms with E-state index in [1.165, 1.54) is 7.11 Å². The Hall–Kier alpha value is -3.07. The Morgan fingerprint density at radius 2 is 1.65 bits per heavy atom. The first kappa shape index (κ1) is 27.1. The first-order valence-corrected chi connectivity index (χ1v) is 14.3. The van der Waals surface area contributed by atoms with E-state index in [0.717, 1.165) is 24.9 Å². The molecule has 1 amide bonds. The Bertz CT molecular complexity index is 1310. The standard InChI is InChI=1S/C31H40N2O7/c1-27(2,3)39-25(35)33-21-12-9-8-11-19(21)31-20-18-32-16-10-13-29(23(31)32,14-15-30(31,33)24(34)37-7)17-22(20)38-26(36)40-28(4,5)6/h8-9,11-12,17,20,23H,10,13-16,18H2,1-7H3/t20-,23+,29-,30-,31+/m1/s1. The molecule has 0 N–H and O–H groups in total. The number of fused-ring (bicyclic) bond motifs is 1. The van der Waals surface area contributed by atoms with Gasteiger partial charge in [-0.1, -0.05) is 18.2 Å². The highest BCUT2D eigenvalue weighted by molar-refractivity contribution is 6.05. The van der Waals surface area contributed by atoms with Crippen molar-refractivity contribution < 1.29 is 33.3 Å². The second-order valence-electron chi connectivity index (χ2n) is 14.0. The summed E-state index contributed by atoms with van der Waals surface area (Å²) in [6.07, 6.45) is 3.74. The van der Waals surface area contributed by atoms with Gasteiger partial charge in [-0.05, 0) is 91.5 Å². The van der Waals surface area contributed by atoms with Gasteiger partial charge in [-0.2, -0.15) is 0 Å². The van der Waals surface area contributed by atoms with E-state index in [0.29, 0.717) is 30.8 Å². The molecule has 5 atom stereocenters. The van der Waals surface area contributed by atoms with Crippen LogP contribution in [0.2, 0.25) is 0 Å². The first-order chi connectivity index (χ1) is 18.7. The van der Waals surface area contributed by atoms with Crippen molar-refractivity contribution in [2.75, 3.05) is 25.1 Å². The van der Waals surface area contributed by atoms with Gasteiger partial charge < -0.3 is 18.9 Å². The molecule has 216 valence electrons. The summed E-state index contributed by atoms with van der Waals surface area (Å²) in [4.78, 5) is 45.5. The van der Waals surface area contributed by atoms with Crippen molar-refractivity contribution in [3.8, 4) is 0 Å². The van der Waals surface area contributed by atoms with E-state index in [2.05, 4.69) is 11.0 Å². The summed E-state index contributed by atoms with van der Waals surface area (Å²) in [6, 6.07) is 7.67. The lowest BCUT2D eigenvalue weighted by molar-refractivity contribution is -0.158. The minimum Gasteiger partial charge on any atom is -0.467 e. The third-order valence-corrected chi connectivity index (χ3v) is 9.47. The van der Waals surface area contributed by atoms with Crippen molar-refractivity contribution >= 4 is 23.9 Å². The molecule has 5 aliphatic rings. The van der Waals surface area contributed by atoms with Gasteiger partial charge in [-0.25, -0.2) is 14.4 Å². The van der Waals surface area contributed by atoms with E-state index >= 15 is 0 Å². The van der Waals surface area contributed by atoms with Gasteiger partial charge in [0.05, 0.1) is 18.2 Å². The van der Waals surface area contributed by atoms with Crippen LogP contribution < -0.4 is 4.90 Å². The Kier molecular flexibility index (Phi) is 5.74. The number of benzene rings is 1. The molecule has 1 spiro atoms. The molecule has 2 saturated heterocycles. The zero-order valence-corrected chi connectivity index (χ0v) is 24.5. The maximum atomic E-state index is 14.3. The molecule has 1 saturated carbocycles. The van der Waals surface area contributed by atoms with Crippen LogP contribution in [-0.2, 0) is 29.2 Å². The lowest BCUT2D eigenvalue weighted by atomic mass is 9.43. The maximum absolute atomic E-state index is 14.3. The number of nitrogens with zero attached hydrogens (tertiary/aromatic N) is 2. The van der Waals surface area contributed by atoms with Crippen LogP contribution in [0.25, 0.3) is 0 Å². The van der Waals surface area contributed by atoms with Crippen molar-refractivity contribution in [2.24, 2.45) is 11.3 Å². The van der Waals surface area contributed by atoms with Crippen LogP contribution in [0.4, 0.5) is 15.3 Å². The summed E-state index contributed by atoms with van der Waals surface area (Å²) < 4.78 is 23.2. The predicted molar refractivity (Wildman–Crippen MR) is 147 cm³/mol. The third-order valence-electron chi connectivity index (χ3n) is 9.47. The molecular weight excluding hydrogens is 512 g/mol. The monoisotopic (exact) mass is 552 g/mol. The predicted octanol–water partition coefficient (Wildman–Crippen LogP) is 5.31. The van der Waals surface area contributed by atoms with E-state index in [1.54, 1.807) is 25.7 Å². The van der Waals surface area contributed by atoms with Gasteiger partial charge in [0.2, 0.25) is 0 Å². The van der Waals surface area contributed by atoms with Crippen molar-refractivity contribution in [3.05, 3.63) is 41.7 Å². The van der Waals surface area contributed by atoms with Crippen LogP contribution in [0.3, 0.4) is 0 Å². The van der Waals surface area contributed by atoms with E-state index < -0.39 is 40.4 Å². The number of carbonyl (C=O) groups excluding carboxylic acids is 3. The SMILES string of the molecule is COC(=O)[C@]12CC[C@@]34C=C(OC(=O)OC(C)(C)C)[C@H]5CN(CCC3)[C@@H]4[C@]51c1ccccc1N2C(=O)OC(C)(C)C. The fourth-order valence-electron chi connectivity index (χ4n) is 8.71. The number of piperidine rings is 1. The highest BCUT2D eigenvalue weighted by atomic mass is 16.7. The summed E-state index contributed by atoms with van der Waals surface area (Å²) in [5, 5.41) is 0. The molecule has 1 aromatic carbocycles. The molecule has 9 heteroatoms. The summed E-state index contributed by atoms with van der Waals surface area (Å²) in [7, 11) is 1.38. The summed E-state index contributed by atoms with van der Waals surface area (Å²) in [6.45, 7) is 12.3. The molecule has 0 aromatic heterocycles. The summed E-state index contributed by atoms with van der Waals surface area (Å²) in [5.74, 6) is -0.341. The lowest BCUT2D eigenvalue weighted by Gasteiger charge is -2.63. The number of esters is 1. The largest absolute Gasteiger partial charge is 0.514 e. The van der Waals surface area contributed by atoms with E-state index in [9.17, 15) is 14.4 Å². The zero-order chi connectivity index (χ0) is 28.9. The van der Waals surface area contributed by atoms with Gasteiger partial charge in [0.25, 0.3) is 0 Å². The van der Waals surface area contributed by atoms with E-state index in [4.69, 9.17) is 18.9 Å². The molecule has 4 bridgehead atoms. The summed E-state index contributed by atoms with van der Waals surface area (Å²) in [5.41, 5.74) is -2.57. The topological polar surface area (TPSA) is 94.6 Å². The second kappa shape index (κ2) is 8.47. The van der Waals surface area contributed by atoms with Crippen molar-refractivity contribution in [3.63, 3.8) is 0 Å². The van der Waals surface area contributed by atoms with Crippen LogP contribution in [-0.4, -0.2) is 66.1 Å². The average molecular weight is 553 g/mol. The fraction of sp³-hybridized carbons (Fsp3) is 0.645. The van der Waals surface area contributed by atoms with Crippen LogP contribution in [0.15, 0.2) is 36.1 Å². The normalized spacial score (nSPS) is 33.9. The molecule has 3 fully saturated rings. The quantitative estimate of drug-likeness (QED) is 0.360. The number of rotatable bonds is 2. The number of anilines is 1. The number of hydrogen-bond acceptors (Lipinski definition) is 8. The number of hydrogen-bond donors (Lipinski definition) is 0. The number of methoxy groups -OCH3 is 1. The Balaban J connectivity index is 1.60. The average Bonchev–Trinajstić information content (AvgIpc) is 3.31. The molecule has 3 aliphatic heterocycles. The first-order valence-electron chi connectivity index (χ1n) is 14.3. The van der Waals surface area contributed by atoms with Crippen molar-refractivity contribution in [1.29, 1.82) is 0 Å². The third kappa shape index (κ3) is 3.45.